The number of rotatable bonds is 6. The van der Waals surface area contributed by atoms with Crippen LogP contribution in [0.15, 0.2) is 36.4 Å². The summed E-state index contributed by atoms with van der Waals surface area (Å²) in [5.74, 6) is -3.32. The Kier molecular flexibility index (Phi) is 5.92. The number of nitro groups is 2. The largest absolute Gasteiger partial charge is 0.506 e. The predicted octanol–water partition coefficient (Wildman–Crippen LogP) is 2.38. The highest BCUT2D eigenvalue weighted by Crippen LogP contribution is 2.26. The highest BCUT2D eigenvalue weighted by atomic mass is 32.3. The minimum atomic E-state index is -5.33. The molecule has 2 aromatic carbocycles. The molecule has 152 valence electrons. The summed E-state index contributed by atoms with van der Waals surface area (Å²) in [5.41, 5.74) is -2.61. The highest BCUT2D eigenvalue weighted by Gasteiger charge is 2.32. The lowest BCUT2D eigenvalue weighted by Crippen LogP contribution is -2.21. The SMILES string of the molecule is Cc1cccc(C(=O)OS(=O)(=O)OC(=O)c2cccc(C)c2[N+](=O)[O-])c1[N+](=O)[O-]. The van der Waals surface area contributed by atoms with Crippen molar-refractivity contribution >= 4 is 33.7 Å². The van der Waals surface area contributed by atoms with Gasteiger partial charge in [-0.3, -0.25) is 20.2 Å². The number of carbonyl (C=O) groups is 2. The summed E-state index contributed by atoms with van der Waals surface area (Å²) in [6, 6.07) is 7.06. The molecule has 0 amide bonds. The molecule has 0 saturated carbocycles. The van der Waals surface area contributed by atoms with E-state index in [-0.39, 0.29) is 11.1 Å². The van der Waals surface area contributed by atoms with E-state index in [0.717, 1.165) is 12.1 Å². The van der Waals surface area contributed by atoms with E-state index in [1.165, 1.54) is 38.1 Å². The lowest BCUT2D eigenvalue weighted by atomic mass is 10.1. The third-order valence-corrected chi connectivity index (χ3v) is 4.35. The van der Waals surface area contributed by atoms with Gasteiger partial charge in [-0.2, -0.15) is 0 Å². The molecule has 2 rings (SSSR count). The number of aryl methyl sites for hydroxylation is 2. The fourth-order valence-corrected chi connectivity index (χ4v) is 3.01. The van der Waals surface area contributed by atoms with Crippen LogP contribution in [0.5, 0.6) is 0 Å². The molecule has 0 heterocycles. The zero-order valence-corrected chi connectivity index (χ0v) is 15.7. The first-order chi connectivity index (χ1) is 13.4. The van der Waals surface area contributed by atoms with Crippen LogP contribution in [0.4, 0.5) is 11.4 Å². The number of hydrogen-bond acceptors (Lipinski definition) is 10. The van der Waals surface area contributed by atoms with Crippen LogP contribution in [0.3, 0.4) is 0 Å². The second kappa shape index (κ2) is 8.02. The van der Waals surface area contributed by atoms with Gasteiger partial charge in [-0.25, -0.2) is 9.59 Å². The summed E-state index contributed by atoms with van der Waals surface area (Å²) in [6.45, 7) is 2.64. The molecule has 0 bridgehead atoms. The van der Waals surface area contributed by atoms with Crippen LogP contribution in [0.2, 0.25) is 0 Å². The minimum Gasteiger partial charge on any atom is -0.311 e. The van der Waals surface area contributed by atoms with E-state index in [2.05, 4.69) is 8.37 Å². The van der Waals surface area contributed by atoms with Crippen LogP contribution >= 0.6 is 0 Å². The van der Waals surface area contributed by atoms with E-state index in [1.807, 2.05) is 0 Å². The molecule has 13 heteroatoms. The maximum Gasteiger partial charge on any atom is 0.506 e. The van der Waals surface area contributed by atoms with Crippen molar-refractivity contribution < 1.29 is 36.2 Å². The number of carbonyl (C=O) groups excluding carboxylic acids is 2. The first-order valence-corrected chi connectivity index (χ1v) is 8.98. The molecule has 0 aromatic heterocycles. The van der Waals surface area contributed by atoms with E-state index in [4.69, 9.17) is 0 Å². The molecule has 0 saturated heterocycles. The van der Waals surface area contributed by atoms with Gasteiger partial charge < -0.3 is 8.37 Å². The Balaban J connectivity index is 2.31. The van der Waals surface area contributed by atoms with Gasteiger partial charge in [-0.15, -0.1) is 8.42 Å². The summed E-state index contributed by atoms with van der Waals surface area (Å²) in [4.78, 5) is 44.6. The smallest absolute Gasteiger partial charge is 0.311 e. The van der Waals surface area contributed by atoms with Crippen LogP contribution in [-0.4, -0.2) is 30.2 Å². The lowest BCUT2D eigenvalue weighted by molar-refractivity contribution is -0.385. The van der Waals surface area contributed by atoms with Gasteiger partial charge >= 0.3 is 22.3 Å². The highest BCUT2D eigenvalue weighted by molar-refractivity contribution is 7.82. The van der Waals surface area contributed by atoms with E-state index in [1.54, 1.807) is 0 Å². The van der Waals surface area contributed by atoms with E-state index < -0.39 is 54.7 Å². The van der Waals surface area contributed by atoms with Crippen molar-refractivity contribution in [3.8, 4) is 0 Å². The third kappa shape index (κ3) is 4.70. The molecule has 0 aliphatic carbocycles. The molecule has 0 spiro atoms. The summed E-state index contributed by atoms with van der Waals surface area (Å²) in [6.07, 6.45) is 0. The first-order valence-electron chi connectivity index (χ1n) is 7.65. The molecule has 29 heavy (non-hydrogen) atoms. The van der Waals surface area contributed by atoms with Gasteiger partial charge in [-0.05, 0) is 26.0 Å². The summed E-state index contributed by atoms with van der Waals surface area (Å²) in [5, 5.41) is 22.2. The second-order valence-electron chi connectivity index (χ2n) is 5.61. The molecular weight excluding hydrogens is 412 g/mol. The number of nitro benzene ring substituents is 2. The Morgan fingerprint density at radius 3 is 1.45 bits per heavy atom. The minimum absolute atomic E-state index is 0.0641. The Labute approximate surface area is 163 Å². The Bertz CT molecular complexity index is 1060. The van der Waals surface area contributed by atoms with E-state index in [0.29, 0.717) is 0 Å². The van der Waals surface area contributed by atoms with Gasteiger partial charge in [0.25, 0.3) is 11.4 Å². The van der Waals surface area contributed by atoms with E-state index in [9.17, 15) is 38.2 Å². The van der Waals surface area contributed by atoms with Gasteiger partial charge in [0.15, 0.2) is 0 Å². The Morgan fingerprint density at radius 1 is 0.793 bits per heavy atom. The standard InChI is InChI=1S/C16H12N2O10S/c1-9-5-3-7-11(13(9)17(21)22)15(19)27-29(25,26)28-16(20)12-8-4-6-10(2)14(12)18(23)24/h3-8H,1-2H3. The number of para-hydroxylation sites is 2. The van der Waals surface area contributed by atoms with Crippen molar-refractivity contribution in [3.63, 3.8) is 0 Å². The quantitative estimate of drug-likeness (QED) is 0.494. The van der Waals surface area contributed by atoms with Crippen molar-refractivity contribution in [2.24, 2.45) is 0 Å². The van der Waals surface area contributed by atoms with E-state index >= 15 is 0 Å². The topological polar surface area (TPSA) is 173 Å². The molecule has 0 aliphatic rings. The second-order valence-corrected chi connectivity index (χ2v) is 6.76. The van der Waals surface area contributed by atoms with Crippen molar-refractivity contribution in [1.82, 2.24) is 0 Å². The summed E-state index contributed by atoms with van der Waals surface area (Å²) >= 11 is 0. The maximum absolute atomic E-state index is 12.1. The molecule has 0 radical (unpaired) electrons. The van der Waals surface area contributed by atoms with Crippen LogP contribution in [0, 0.1) is 34.1 Å². The number of hydrogen-bond donors (Lipinski definition) is 0. The molecule has 0 atom stereocenters. The first kappa shape index (κ1) is 21.4. The third-order valence-electron chi connectivity index (χ3n) is 3.64. The summed E-state index contributed by atoms with van der Waals surface area (Å²) < 4.78 is 32.0. The zero-order chi connectivity index (χ0) is 21.9. The van der Waals surface area contributed by atoms with Gasteiger partial charge in [0.05, 0.1) is 9.85 Å². The van der Waals surface area contributed by atoms with Gasteiger partial charge in [-0.1, -0.05) is 24.3 Å². The molecular formula is C16H12N2O10S. The Hall–Kier alpha value is -3.87. The molecule has 0 N–H and O–H groups in total. The molecule has 0 aliphatic heterocycles. The van der Waals surface area contributed by atoms with Crippen LogP contribution in [0.25, 0.3) is 0 Å². The normalized spacial score (nSPS) is 10.8. The number of benzene rings is 2. The Morgan fingerprint density at radius 2 is 1.14 bits per heavy atom. The van der Waals surface area contributed by atoms with Crippen molar-refractivity contribution in [2.75, 3.05) is 0 Å². The average Bonchev–Trinajstić information content (AvgIpc) is 2.59. The van der Waals surface area contributed by atoms with Gasteiger partial charge in [0.2, 0.25) is 0 Å². The predicted molar refractivity (Wildman–Crippen MR) is 95.4 cm³/mol. The van der Waals surface area contributed by atoms with Gasteiger partial charge in [0, 0.05) is 11.1 Å². The fourth-order valence-electron chi connectivity index (χ4n) is 2.42. The molecule has 2 aromatic rings. The lowest BCUT2D eigenvalue weighted by Gasteiger charge is -2.08. The average molecular weight is 424 g/mol. The van der Waals surface area contributed by atoms with Crippen molar-refractivity contribution in [3.05, 3.63) is 78.9 Å². The number of nitrogens with zero attached hydrogens (tertiary/aromatic N) is 2. The van der Waals surface area contributed by atoms with Crippen molar-refractivity contribution in [1.29, 1.82) is 0 Å². The summed E-state index contributed by atoms with van der Waals surface area (Å²) in [7, 11) is -5.33. The molecule has 12 nitrogen and oxygen atoms in total. The van der Waals surface area contributed by atoms with Gasteiger partial charge in [0.1, 0.15) is 11.1 Å². The zero-order valence-electron chi connectivity index (χ0n) is 14.8. The van der Waals surface area contributed by atoms with Crippen LogP contribution in [0.1, 0.15) is 31.8 Å². The monoisotopic (exact) mass is 424 g/mol. The fraction of sp³-hybridized carbons (Fsp3) is 0.125. The van der Waals surface area contributed by atoms with Crippen LogP contribution < -0.4 is 0 Å². The van der Waals surface area contributed by atoms with Crippen LogP contribution in [-0.2, 0) is 18.8 Å². The maximum atomic E-state index is 12.1. The van der Waals surface area contributed by atoms with Crippen molar-refractivity contribution in [2.45, 2.75) is 13.8 Å². The molecule has 0 fully saturated rings. The molecule has 0 unspecified atom stereocenters.